The van der Waals surface area contributed by atoms with Crippen molar-refractivity contribution in [1.82, 2.24) is 10.2 Å². The third-order valence-corrected chi connectivity index (χ3v) is 8.45. The van der Waals surface area contributed by atoms with Crippen molar-refractivity contribution in [3.8, 4) is 0 Å². The van der Waals surface area contributed by atoms with E-state index in [4.69, 9.17) is 5.73 Å². The van der Waals surface area contributed by atoms with E-state index in [0.717, 1.165) is 43.0 Å². The second-order valence-corrected chi connectivity index (χ2v) is 11.0. The van der Waals surface area contributed by atoms with Crippen LogP contribution < -0.4 is 20.9 Å². The highest BCUT2D eigenvalue weighted by Crippen LogP contribution is 2.36. The number of nitrogens with zero attached hydrogens (tertiary/aromatic N) is 4. The lowest BCUT2D eigenvalue weighted by molar-refractivity contribution is -0.120. The number of dihydropyridines is 1. The largest absolute Gasteiger partial charge is 0.384 e. The van der Waals surface area contributed by atoms with Crippen LogP contribution in [0.1, 0.15) is 19.3 Å². The number of carbonyl (C=O) groups is 3. The summed E-state index contributed by atoms with van der Waals surface area (Å²) in [7, 11) is 1.79. The van der Waals surface area contributed by atoms with Gasteiger partial charge in [0.1, 0.15) is 11.1 Å². The molecule has 5 rings (SSSR count). The number of likely N-dealkylation sites (tertiary alicyclic amines) is 1. The fourth-order valence-electron chi connectivity index (χ4n) is 5.02. The van der Waals surface area contributed by atoms with Gasteiger partial charge in [0.2, 0.25) is 17.7 Å². The van der Waals surface area contributed by atoms with Gasteiger partial charge in [-0.25, -0.2) is 4.99 Å². The summed E-state index contributed by atoms with van der Waals surface area (Å²) in [6.07, 6.45) is 8.29. The molecule has 4 heterocycles. The molecule has 3 N–H and O–H groups in total. The Bertz CT molecular complexity index is 1120. The van der Waals surface area contributed by atoms with Crippen molar-refractivity contribution in [2.75, 3.05) is 49.6 Å². The Balaban J connectivity index is 1.12. The first-order valence-electron chi connectivity index (χ1n) is 12.4. The standard InChI is InChI=1S/C26H32N6O3S/c1-30(25(34)16-31-10-2-3-11-31)18-4-6-19(7-5-18)32-15-17(12-24(32)33)14-28-26(35)22-13-20-21(36-22)8-9-23(27)29-20/h4-9,13,17,21-22H,2-3,10-12,14-16H2,1H3,(H2,27,29)(H,28,35). The molecule has 36 heavy (non-hydrogen) atoms. The smallest absolute Gasteiger partial charge is 0.240 e. The maximum absolute atomic E-state index is 12.7. The van der Waals surface area contributed by atoms with Crippen molar-refractivity contribution in [1.29, 1.82) is 0 Å². The van der Waals surface area contributed by atoms with E-state index in [-0.39, 0.29) is 34.1 Å². The Labute approximate surface area is 215 Å². The number of anilines is 2. The van der Waals surface area contributed by atoms with E-state index in [1.165, 1.54) is 11.8 Å². The number of likely N-dealkylation sites (N-methyl/N-ethyl adjacent to an activating group) is 1. The molecule has 0 radical (unpaired) electrons. The quantitative estimate of drug-likeness (QED) is 0.578. The highest BCUT2D eigenvalue weighted by Gasteiger charge is 2.34. The van der Waals surface area contributed by atoms with Crippen LogP contribution >= 0.6 is 11.8 Å². The van der Waals surface area contributed by atoms with Crippen LogP contribution in [0.15, 0.2) is 53.2 Å². The second kappa shape index (κ2) is 10.5. The minimum atomic E-state index is -0.310. The molecule has 4 aliphatic rings. The van der Waals surface area contributed by atoms with Crippen molar-refractivity contribution in [3.63, 3.8) is 0 Å². The average Bonchev–Trinajstić information content (AvgIpc) is 3.62. The Hall–Kier alpha value is -3.11. The Morgan fingerprint density at radius 2 is 1.97 bits per heavy atom. The first-order valence-corrected chi connectivity index (χ1v) is 13.4. The van der Waals surface area contributed by atoms with Crippen molar-refractivity contribution >= 4 is 46.7 Å². The molecule has 0 bridgehead atoms. The molecule has 9 nitrogen and oxygen atoms in total. The molecule has 0 spiro atoms. The van der Waals surface area contributed by atoms with Crippen LogP contribution in [0.4, 0.5) is 11.4 Å². The number of amides is 3. The lowest BCUT2D eigenvalue weighted by Crippen LogP contribution is -2.37. The molecule has 0 aliphatic carbocycles. The molecule has 2 saturated heterocycles. The number of benzene rings is 1. The molecular weight excluding hydrogens is 476 g/mol. The molecule has 3 atom stereocenters. The summed E-state index contributed by atoms with van der Waals surface area (Å²) in [5.41, 5.74) is 8.19. The number of rotatable bonds is 7. The summed E-state index contributed by atoms with van der Waals surface area (Å²) < 4.78 is 0. The van der Waals surface area contributed by atoms with Crippen molar-refractivity contribution in [3.05, 3.63) is 48.2 Å². The zero-order valence-corrected chi connectivity index (χ0v) is 21.2. The highest BCUT2D eigenvalue weighted by molar-refractivity contribution is 8.02. The SMILES string of the molecule is CN(C(=O)CN1CCCC1)c1ccc(N2CC(CNC(=O)C3C=C4N=C(N)C=CC4S3)CC2=O)cc1. The van der Waals surface area contributed by atoms with Gasteiger partial charge in [0.15, 0.2) is 0 Å². The molecular formula is C26H32N6O3S. The predicted molar refractivity (Wildman–Crippen MR) is 143 cm³/mol. The van der Waals surface area contributed by atoms with E-state index in [9.17, 15) is 14.4 Å². The van der Waals surface area contributed by atoms with E-state index >= 15 is 0 Å². The van der Waals surface area contributed by atoms with E-state index in [1.807, 2.05) is 36.4 Å². The average molecular weight is 509 g/mol. The van der Waals surface area contributed by atoms with Crippen LogP contribution in [0, 0.1) is 5.92 Å². The molecule has 190 valence electrons. The molecule has 1 aromatic carbocycles. The van der Waals surface area contributed by atoms with Gasteiger partial charge in [0, 0.05) is 43.9 Å². The minimum absolute atomic E-state index is 0.0405. The summed E-state index contributed by atoms with van der Waals surface area (Å²) in [6, 6.07) is 7.54. The van der Waals surface area contributed by atoms with Crippen LogP contribution in [-0.2, 0) is 14.4 Å². The fraction of sp³-hybridized carbons (Fsp3) is 0.462. The monoisotopic (exact) mass is 508 g/mol. The number of nitrogens with one attached hydrogen (secondary N) is 1. The van der Waals surface area contributed by atoms with Crippen LogP contribution in [0.3, 0.4) is 0 Å². The molecule has 0 saturated carbocycles. The van der Waals surface area contributed by atoms with Gasteiger partial charge in [-0.05, 0) is 62.3 Å². The summed E-state index contributed by atoms with van der Waals surface area (Å²) >= 11 is 1.54. The third-order valence-electron chi connectivity index (χ3n) is 7.12. The van der Waals surface area contributed by atoms with Crippen molar-refractivity contribution in [2.24, 2.45) is 16.6 Å². The molecule has 3 unspecified atom stereocenters. The highest BCUT2D eigenvalue weighted by atomic mass is 32.2. The van der Waals surface area contributed by atoms with Crippen molar-refractivity contribution in [2.45, 2.75) is 29.8 Å². The Kier molecular flexibility index (Phi) is 7.15. The third kappa shape index (κ3) is 5.34. The maximum atomic E-state index is 12.7. The first kappa shape index (κ1) is 24.6. The lowest BCUT2D eigenvalue weighted by atomic mass is 10.1. The Morgan fingerprint density at radius 3 is 2.72 bits per heavy atom. The van der Waals surface area contributed by atoms with Gasteiger partial charge >= 0.3 is 0 Å². The summed E-state index contributed by atoms with van der Waals surface area (Å²) in [5.74, 6) is 0.539. The zero-order valence-electron chi connectivity index (χ0n) is 20.4. The Morgan fingerprint density at radius 1 is 1.22 bits per heavy atom. The number of carbonyl (C=O) groups excluding carboxylic acids is 3. The summed E-state index contributed by atoms with van der Waals surface area (Å²) in [6.45, 7) is 3.39. The van der Waals surface area contributed by atoms with Crippen LogP contribution in [0.25, 0.3) is 0 Å². The van der Waals surface area contributed by atoms with Gasteiger partial charge in [0.25, 0.3) is 0 Å². The predicted octanol–water partition coefficient (Wildman–Crippen LogP) is 1.51. The summed E-state index contributed by atoms with van der Waals surface area (Å²) in [4.78, 5) is 48.0. The van der Waals surface area contributed by atoms with Crippen LogP contribution in [0.2, 0.25) is 0 Å². The number of aliphatic imine (C=N–C) groups is 1. The van der Waals surface area contributed by atoms with Crippen LogP contribution in [-0.4, -0.2) is 78.7 Å². The van der Waals surface area contributed by atoms with Crippen molar-refractivity contribution < 1.29 is 14.4 Å². The van der Waals surface area contributed by atoms with Gasteiger partial charge in [-0.2, -0.15) is 0 Å². The van der Waals surface area contributed by atoms with E-state index in [1.54, 1.807) is 22.9 Å². The first-order chi connectivity index (χ1) is 17.4. The topological polar surface area (TPSA) is 111 Å². The van der Waals surface area contributed by atoms with Gasteiger partial charge in [0.05, 0.1) is 17.5 Å². The van der Waals surface area contributed by atoms with Gasteiger partial charge in [-0.1, -0.05) is 6.08 Å². The molecule has 4 aliphatic heterocycles. The van der Waals surface area contributed by atoms with E-state index in [0.29, 0.717) is 31.9 Å². The zero-order chi connectivity index (χ0) is 25.2. The number of thioether (sulfide) groups is 1. The van der Waals surface area contributed by atoms with E-state index < -0.39 is 0 Å². The molecule has 1 aromatic rings. The molecule has 0 aromatic heterocycles. The molecule has 2 fully saturated rings. The second-order valence-electron chi connectivity index (χ2n) is 9.74. The number of nitrogens with two attached hydrogens (primary N) is 1. The summed E-state index contributed by atoms with van der Waals surface area (Å²) in [5, 5.41) is 2.76. The van der Waals surface area contributed by atoms with E-state index in [2.05, 4.69) is 15.2 Å². The maximum Gasteiger partial charge on any atom is 0.240 e. The van der Waals surface area contributed by atoms with Gasteiger partial charge in [-0.3, -0.25) is 19.3 Å². The van der Waals surface area contributed by atoms with Gasteiger partial charge in [-0.15, -0.1) is 11.8 Å². The normalized spacial score (nSPS) is 25.5. The molecule has 10 heteroatoms. The number of hydrogen-bond acceptors (Lipinski definition) is 7. The number of amidine groups is 1. The molecule has 3 amide bonds. The van der Waals surface area contributed by atoms with Crippen LogP contribution in [0.5, 0.6) is 0 Å². The number of hydrogen-bond donors (Lipinski definition) is 2. The fourth-order valence-corrected chi connectivity index (χ4v) is 6.20. The minimum Gasteiger partial charge on any atom is -0.384 e. The number of fused-ring (bicyclic) bond motifs is 1. The van der Waals surface area contributed by atoms with Gasteiger partial charge < -0.3 is 20.9 Å². The lowest BCUT2D eigenvalue weighted by Gasteiger charge is -2.23.